The van der Waals surface area contributed by atoms with Crippen molar-refractivity contribution in [1.29, 1.82) is 0 Å². The first-order valence-electron chi connectivity index (χ1n) is 9.96. The van der Waals surface area contributed by atoms with Crippen LogP contribution in [0.2, 0.25) is 0 Å². The maximum absolute atomic E-state index is 10.7. The molecule has 2 aromatic heterocycles. The topological polar surface area (TPSA) is 78.8 Å². The fourth-order valence-corrected chi connectivity index (χ4v) is 3.62. The van der Waals surface area contributed by atoms with Crippen molar-refractivity contribution in [3.63, 3.8) is 0 Å². The summed E-state index contributed by atoms with van der Waals surface area (Å²) in [5.74, 6) is 1.21. The van der Waals surface area contributed by atoms with E-state index in [0.717, 1.165) is 23.2 Å². The molecule has 0 aliphatic carbocycles. The van der Waals surface area contributed by atoms with Crippen molar-refractivity contribution >= 4 is 17.3 Å². The summed E-state index contributed by atoms with van der Waals surface area (Å²) < 4.78 is 5.92. The summed E-state index contributed by atoms with van der Waals surface area (Å²) in [6.07, 6.45) is 1.72. The lowest BCUT2D eigenvalue weighted by Gasteiger charge is -2.24. The molecular formula is C23H28N4O2S. The molecule has 0 aliphatic rings. The van der Waals surface area contributed by atoms with Gasteiger partial charge in [0.15, 0.2) is 5.96 Å². The van der Waals surface area contributed by atoms with E-state index in [0.29, 0.717) is 31.5 Å². The number of hydrogen-bond donors (Lipinski definition) is 3. The highest BCUT2D eigenvalue weighted by Crippen LogP contribution is 2.22. The van der Waals surface area contributed by atoms with Gasteiger partial charge in [-0.2, -0.15) is 11.3 Å². The first-order valence-corrected chi connectivity index (χ1v) is 10.9. The first kappa shape index (κ1) is 21.8. The number of hydrogen-bond acceptors (Lipinski definition) is 5. The van der Waals surface area contributed by atoms with Gasteiger partial charge in [-0.3, -0.25) is 0 Å². The lowest BCUT2D eigenvalue weighted by molar-refractivity contribution is 0.0621. The predicted octanol–water partition coefficient (Wildman–Crippen LogP) is 3.68. The molecule has 0 bridgehead atoms. The summed E-state index contributed by atoms with van der Waals surface area (Å²) in [6.45, 7) is 5.73. The first-order chi connectivity index (χ1) is 14.6. The van der Waals surface area contributed by atoms with Crippen molar-refractivity contribution in [3.05, 3.63) is 82.2 Å². The fourth-order valence-electron chi connectivity index (χ4n) is 2.84. The summed E-state index contributed by atoms with van der Waals surface area (Å²) >= 11 is 1.57. The number of aromatic nitrogens is 1. The van der Waals surface area contributed by atoms with Crippen LogP contribution in [0, 0.1) is 0 Å². The molecule has 6 nitrogen and oxygen atoms in total. The summed E-state index contributed by atoms with van der Waals surface area (Å²) in [5.41, 5.74) is 1.90. The van der Waals surface area contributed by atoms with Gasteiger partial charge >= 0.3 is 0 Å². The number of aliphatic hydroxyl groups is 1. The van der Waals surface area contributed by atoms with Crippen molar-refractivity contribution in [3.8, 4) is 5.88 Å². The number of aliphatic imine (C=N–C) groups is 1. The molecule has 1 atom stereocenters. The molecule has 3 rings (SSSR count). The molecule has 0 fully saturated rings. The number of guanidine groups is 1. The van der Waals surface area contributed by atoms with Crippen molar-refractivity contribution in [2.45, 2.75) is 32.6 Å². The lowest BCUT2D eigenvalue weighted by atomic mass is 9.99. The number of nitrogens with one attached hydrogen (secondary N) is 2. The van der Waals surface area contributed by atoms with Gasteiger partial charge in [-0.05, 0) is 47.9 Å². The number of pyridine rings is 1. The molecule has 0 aliphatic heterocycles. The monoisotopic (exact) mass is 424 g/mol. The molecule has 158 valence electrons. The van der Waals surface area contributed by atoms with E-state index in [4.69, 9.17) is 4.74 Å². The second-order valence-corrected chi connectivity index (χ2v) is 7.86. The Bertz CT molecular complexity index is 927. The van der Waals surface area contributed by atoms with Gasteiger partial charge in [0.25, 0.3) is 0 Å². The largest absolute Gasteiger partial charge is 0.473 e. The smallest absolute Gasteiger partial charge is 0.218 e. The van der Waals surface area contributed by atoms with E-state index < -0.39 is 5.60 Å². The average molecular weight is 425 g/mol. The summed E-state index contributed by atoms with van der Waals surface area (Å²) in [7, 11) is 0. The van der Waals surface area contributed by atoms with Gasteiger partial charge in [-0.1, -0.05) is 36.4 Å². The van der Waals surface area contributed by atoms with E-state index in [-0.39, 0.29) is 0 Å². The number of nitrogens with zero attached hydrogens (tertiary/aromatic N) is 2. The molecule has 3 N–H and O–H groups in total. The normalized spacial score (nSPS) is 13.5. The van der Waals surface area contributed by atoms with E-state index in [1.54, 1.807) is 24.5 Å². The predicted molar refractivity (Wildman–Crippen MR) is 122 cm³/mol. The Hall–Kier alpha value is -2.90. The second-order valence-electron chi connectivity index (χ2n) is 7.08. The highest BCUT2D eigenvalue weighted by Gasteiger charge is 2.23. The minimum atomic E-state index is -0.978. The van der Waals surface area contributed by atoms with E-state index in [9.17, 15) is 5.11 Å². The van der Waals surface area contributed by atoms with Crippen LogP contribution in [0.25, 0.3) is 0 Å². The van der Waals surface area contributed by atoms with E-state index in [1.807, 2.05) is 66.2 Å². The van der Waals surface area contributed by atoms with E-state index in [2.05, 4.69) is 20.6 Å². The van der Waals surface area contributed by atoms with Crippen LogP contribution in [0.15, 0.2) is 70.5 Å². The Morgan fingerprint density at radius 2 is 2.00 bits per heavy atom. The maximum atomic E-state index is 10.7. The zero-order chi connectivity index (χ0) is 21.2. The van der Waals surface area contributed by atoms with Crippen molar-refractivity contribution < 1.29 is 9.84 Å². The van der Waals surface area contributed by atoms with Crippen LogP contribution < -0.4 is 15.4 Å². The number of benzene rings is 1. The standard InChI is InChI=1S/C23H28N4O2S/c1-3-24-22(27-17-23(2,28)20-11-13-30-16-20)26-14-19-10-7-12-25-21(19)29-15-18-8-5-4-6-9-18/h4-13,16,28H,3,14-15,17H2,1-2H3,(H2,24,26,27). The highest BCUT2D eigenvalue weighted by atomic mass is 32.1. The molecule has 0 radical (unpaired) electrons. The van der Waals surface area contributed by atoms with Gasteiger partial charge in [0.05, 0.1) is 13.1 Å². The van der Waals surface area contributed by atoms with Crippen molar-refractivity contribution in [2.75, 3.05) is 13.1 Å². The van der Waals surface area contributed by atoms with Gasteiger partial charge < -0.3 is 20.5 Å². The van der Waals surface area contributed by atoms with E-state index >= 15 is 0 Å². The number of ether oxygens (including phenoxy) is 1. The molecule has 1 unspecified atom stereocenters. The lowest BCUT2D eigenvalue weighted by Crippen LogP contribution is -2.44. The van der Waals surface area contributed by atoms with E-state index in [1.165, 1.54) is 0 Å². The SMILES string of the molecule is CCNC(=NCc1cccnc1OCc1ccccc1)NCC(C)(O)c1ccsc1. The molecular weight excluding hydrogens is 396 g/mol. The Morgan fingerprint density at radius 3 is 2.73 bits per heavy atom. The zero-order valence-corrected chi connectivity index (χ0v) is 18.2. The number of thiophene rings is 1. The fraction of sp³-hybridized carbons (Fsp3) is 0.304. The van der Waals surface area contributed by atoms with Crippen molar-refractivity contribution in [2.24, 2.45) is 4.99 Å². The van der Waals surface area contributed by atoms with Gasteiger partial charge in [0.2, 0.25) is 5.88 Å². The van der Waals surface area contributed by atoms with Crippen molar-refractivity contribution in [1.82, 2.24) is 15.6 Å². The van der Waals surface area contributed by atoms with Gasteiger partial charge in [0.1, 0.15) is 12.2 Å². The quantitative estimate of drug-likeness (QED) is 0.361. The van der Waals surface area contributed by atoms with Crippen LogP contribution in [0.5, 0.6) is 5.88 Å². The van der Waals surface area contributed by atoms with Gasteiger partial charge in [-0.25, -0.2) is 9.98 Å². The Labute approximate surface area is 181 Å². The molecule has 30 heavy (non-hydrogen) atoms. The molecule has 0 saturated carbocycles. The maximum Gasteiger partial charge on any atom is 0.218 e. The van der Waals surface area contributed by atoms with Crippen LogP contribution in [-0.2, 0) is 18.8 Å². The molecule has 3 aromatic rings. The molecule has 0 saturated heterocycles. The van der Waals surface area contributed by atoms with Gasteiger partial charge in [0, 0.05) is 18.3 Å². The second kappa shape index (κ2) is 10.8. The molecule has 0 spiro atoms. The third kappa shape index (κ3) is 6.30. The van der Waals surface area contributed by atoms with Crippen LogP contribution in [0.4, 0.5) is 0 Å². The summed E-state index contributed by atoms with van der Waals surface area (Å²) in [5, 5.41) is 21.1. The van der Waals surface area contributed by atoms with Gasteiger partial charge in [-0.15, -0.1) is 0 Å². The zero-order valence-electron chi connectivity index (χ0n) is 17.3. The minimum Gasteiger partial charge on any atom is -0.473 e. The molecule has 0 amide bonds. The highest BCUT2D eigenvalue weighted by molar-refractivity contribution is 7.08. The Balaban J connectivity index is 1.64. The molecule has 1 aromatic carbocycles. The van der Waals surface area contributed by atoms with Crippen LogP contribution in [-0.4, -0.2) is 29.1 Å². The van der Waals surface area contributed by atoms with Crippen LogP contribution in [0.1, 0.15) is 30.5 Å². The minimum absolute atomic E-state index is 0.347. The average Bonchev–Trinajstić information content (AvgIpc) is 3.32. The summed E-state index contributed by atoms with van der Waals surface area (Å²) in [4.78, 5) is 9.02. The summed E-state index contributed by atoms with van der Waals surface area (Å²) in [6, 6.07) is 15.8. The Kier molecular flexibility index (Phi) is 7.82. The third-order valence-corrected chi connectivity index (χ3v) is 5.25. The molecule has 2 heterocycles. The third-order valence-electron chi connectivity index (χ3n) is 4.56. The van der Waals surface area contributed by atoms with Crippen LogP contribution >= 0.6 is 11.3 Å². The van der Waals surface area contributed by atoms with Crippen LogP contribution in [0.3, 0.4) is 0 Å². The Morgan fingerprint density at radius 1 is 1.17 bits per heavy atom. The number of rotatable bonds is 9. The molecule has 7 heteroatoms.